The second kappa shape index (κ2) is 4.89. The summed E-state index contributed by atoms with van der Waals surface area (Å²) in [6, 6.07) is 3.90. The molecule has 0 atom stereocenters. The molecule has 0 spiro atoms. The van der Waals surface area contributed by atoms with Crippen LogP contribution >= 0.6 is 0 Å². The standard InChI is InChI=1S/C11H15N3O/c15-11-8-13-4-1-7-14(11)9-10-2-5-12-6-3-10/h2-3,5-6,13H,1,4,7-9H2. The van der Waals surface area contributed by atoms with E-state index in [1.54, 1.807) is 12.4 Å². The van der Waals surface area contributed by atoms with E-state index in [0.29, 0.717) is 13.1 Å². The van der Waals surface area contributed by atoms with Crippen molar-refractivity contribution in [1.82, 2.24) is 15.2 Å². The van der Waals surface area contributed by atoms with Crippen molar-refractivity contribution in [3.63, 3.8) is 0 Å². The largest absolute Gasteiger partial charge is 0.337 e. The zero-order valence-corrected chi connectivity index (χ0v) is 8.65. The van der Waals surface area contributed by atoms with Gasteiger partial charge in [0.1, 0.15) is 0 Å². The molecule has 0 aliphatic carbocycles. The minimum absolute atomic E-state index is 0.185. The molecule has 0 aromatic carbocycles. The fourth-order valence-corrected chi connectivity index (χ4v) is 1.70. The number of amides is 1. The van der Waals surface area contributed by atoms with E-state index in [9.17, 15) is 4.79 Å². The fraction of sp³-hybridized carbons (Fsp3) is 0.455. The molecule has 1 aliphatic rings. The van der Waals surface area contributed by atoms with E-state index in [2.05, 4.69) is 10.3 Å². The first kappa shape index (κ1) is 10.1. The quantitative estimate of drug-likeness (QED) is 0.760. The van der Waals surface area contributed by atoms with Crippen LogP contribution in [0.5, 0.6) is 0 Å². The van der Waals surface area contributed by atoms with Crippen molar-refractivity contribution in [3.8, 4) is 0 Å². The van der Waals surface area contributed by atoms with Crippen molar-refractivity contribution in [2.75, 3.05) is 19.6 Å². The van der Waals surface area contributed by atoms with E-state index in [1.807, 2.05) is 17.0 Å². The first-order valence-corrected chi connectivity index (χ1v) is 5.23. The molecule has 1 aromatic heterocycles. The number of pyridine rings is 1. The van der Waals surface area contributed by atoms with Crippen molar-refractivity contribution >= 4 is 5.91 Å². The van der Waals surface area contributed by atoms with Crippen molar-refractivity contribution < 1.29 is 4.79 Å². The molecule has 15 heavy (non-hydrogen) atoms. The maximum absolute atomic E-state index is 11.7. The molecule has 0 bridgehead atoms. The van der Waals surface area contributed by atoms with Crippen LogP contribution in [0.3, 0.4) is 0 Å². The van der Waals surface area contributed by atoms with Gasteiger partial charge in [0.25, 0.3) is 0 Å². The molecule has 2 rings (SSSR count). The summed E-state index contributed by atoms with van der Waals surface area (Å²) in [5.41, 5.74) is 1.14. The number of rotatable bonds is 2. The van der Waals surface area contributed by atoms with Crippen LogP contribution in [-0.2, 0) is 11.3 Å². The summed E-state index contributed by atoms with van der Waals surface area (Å²) in [4.78, 5) is 17.5. The summed E-state index contributed by atoms with van der Waals surface area (Å²) in [7, 11) is 0. The molecular weight excluding hydrogens is 190 g/mol. The molecule has 0 radical (unpaired) electrons. The molecule has 1 aromatic rings. The van der Waals surface area contributed by atoms with Gasteiger partial charge in [-0.05, 0) is 30.7 Å². The maximum atomic E-state index is 11.7. The second-order valence-electron chi connectivity index (χ2n) is 3.70. The Balaban J connectivity index is 2.01. The van der Waals surface area contributed by atoms with E-state index >= 15 is 0 Å². The lowest BCUT2D eigenvalue weighted by Crippen LogP contribution is -2.34. The highest BCUT2D eigenvalue weighted by atomic mass is 16.2. The van der Waals surface area contributed by atoms with Gasteiger partial charge in [-0.3, -0.25) is 9.78 Å². The van der Waals surface area contributed by atoms with Crippen LogP contribution in [-0.4, -0.2) is 35.4 Å². The van der Waals surface area contributed by atoms with Crippen LogP contribution in [0.2, 0.25) is 0 Å². The normalized spacial score (nSPS) is 17.6. The smallest absolute Gasteiger partial charge is 0.236 e. The van der Waals surface area contributed by atoms with Gasteiger partial charge in [-0.15, -0.1) is 0 Å². The molecular formula is C11H15N3O. The van der Waals surface area contributed by atoms with Crippen molar-refractivity contribution in [2.24, 2.45) is 0 Å². The Labute approximate surface area is 89.3 Å². The zero-order chi connectivity index (χ0) is 10.5. The molecule has 1 aliphatic heterocycles. The van der Waals surface area contributed by atoms with Gasteiger partial charge in [-0.25, -0.2) is 0 Å². The van der Waals surface area contributed by atoms with Crippen LogP contribution in [0, 0.1) is 0 Å². The summed E-state index contributed by atoms with van der Waals surface area (Å²) in [6.07, 6.45) is 4.54. The van der Waals surface area contributed by atoms with E-state index < -0.39 is 0 Å². The molecule has 80 valence electrons. The Morgan fingerprint density at radius 2 is 2.20 bits per heavy atom. The van der Waals surface area contributed by atoms with Crippen LogP contribution in [0.1, 0.15) is 12.0 Å². The molecule has 0 unspecified atom stereocenters. The predicted molar refractivity (Wildman–Crippen MR) is 57.1 cm³/mol. The van der Waals surface area contributed by atoms with E-state index in [1.165, 1.54) is 0 Å². The van der Waals surface area contributed by atoms with Gasteiger partial charge < -0.3 is 10.2 Å². The zero-order valence-electron chi connectivity index (χ0n) is 8.65. The number of hydrogen-bond acceptors (Lipinski definition) is 3. The molecule has 1 saturated heterocycles. The van der Waals surface area contributed by atoms with E-state index in [0.717, 1.165) is 25.1 Å². The minimum atomic E-state index is 0.185. The van der Waals surface area contributed by atoms with Gasteiger partial charge in [0, 0.05) is 25.5 Å². The lowest BCUT2D eigenvalue weighted by atomic mass is 10.2. The van der Waals surface area contributed by atoms with Gasteiger partial charge in [-0.1, -0.05) is 0 Å². The van der Waals surface area contributed by atoms with E-state index in [-0.39, 0.29) is 5.91 Å². The van der Waals surface area contributed by atoms with Gasteiger partial charge in [-0.2, -0.15) is 0 Å². The first-order valence-electron chi connectivity index (χ1n) is 5.23. The lowest BCUT2D eigenvalue weighted by Gasteiger charge is -2.19. The molecule has 1 N–H and O–H groups in total. The lowest BCUT2D eigenvalue weighted by molar-refractivity contribution is -0.130. The highest BCUT2D eigenvalue weighted by Crippen LogP contribution is 2.05. The number of carbonyl (C=O) groups excluding carboxylic acids is 1. The summed E-state index contributed by atoms with van der Waals surface area (Å²) in [5, 5.41) is 3.11. The Kier molecular flexibility index (Phi) is 3.29. The molecule has 2 heterocycles. The van der Waals surface area contributed by atoms with Crippen LogP contribution in [0.15, 0.2) is 24.5 Å². The Morgan fingerprint density at radius 3 is 3.00 bits per heavy atom. The predicted octanol–water partition coefficient (Wildman–Crippen LogP) is 0.403. The first-order chi connectivity index (χ1) is 7.36. The summed E-state index contributed by atoms with van der Waals surface area (Å²) >= 11 is 0. The summed E-state index contributed by atoms with van der Waals surface area (Å²) in [6.45, 7) is 2.93. The highest BCUT2D eigenvalue weighted by molar-refractivity contribution is 5.78. The number of carbonyl (C=O) groups is 1. The van der Waals surface area contributed by atoms with E-state index in [4.69, 9.17) is 0 Å². The maximum Gasteiger partial charge on any atom is 0.236 e. The third-order valence-electron chi connectivity index (χ3n) is 2.53. The van der Waals surface area contributed by atoms with Crippen LogP contribution in [0.4, 0.5) is 0 Å². The van der Waals surface area contributed by atoms with Crippen LogP contribution in [0.25, 0.3) is 0 Å². The summed E-state index contributed by atoms with van der Waals surface area (Å²) < 4.78 is 0. The minimum Gasteiger partial charge on any atom is -0.337 e. The van der Waals surface area contributed by atoms with Gasteiger partial charge in [0.15, 0.2) is 0 Å². The number of nitrogens with zero attached hydrogens (tertiary/aromatic N) is 2. The third kappa shape index (κ3) is 2.76. The number of nitrogens with one attached hydrogen (secondary N) is 1. The summed E-state index contributed by atoms with van der Waals surface area (Å²) in [5.74, 6) is 0.185. The average molecular weight is 205 g/mol. The van der Waals surface area contributed by atoms with Gasteiger partial charge >= 0.3 is 0 Å². The van der Waals surface area contributed by atoms with Crippen molar-refractivity contribution in [2.45, 2.75) is 13.0 Å². The number of hydrogen-bond donors (Lipinski definition) is 1. The van der Waals surface area contributed by atoms with Gasteiger partial charge in [0.05, 0.1) is 6.54 Å². The number of aromatic nitrogens is 1. The Hall–Kier alpha value is -1.42. The molecule has 0 saturated carbocycles. The van der Waals surface area contributed by atoms with Crippen molar-refractivity contribution in [1.29, 1.82) is 0 Å². The van der Waals surface area contributed by atoms with Crippen LogP contribution < -0.4 is 5.32 Å². The SMILES string of the molecule is O=C1CNCCCN1Cc1ccncc1. The Morgan fingerprint density at radius 1 is 1.40 bits per heavy atom. The van der Waals surface area contributed by atoms with Gasteiger partial charge in [0.2, 0.25) is 5.91 Å². The topological polar surface area (TPSA) is 45.2 Å². The third-order valence-corrected chi connectivity index (χ3v) is 2.53. The average Bonchev–Trinajstić information content (AvgIpc) is 2.46. The second-order valence-corrected chi connectivity index (χ2v) is 3.70. The Bertz CT molecular complexity index is 326. The molecule has 4 heteroatoms. The van der Waals surface area contributed by atoms with Crippen molar-refractivity contribution in [3.05, 3.63) is 30.1 Å². The molecule has 1 amide bonds. The monoisotopic (exact) mass is 205 g/mol. The fourth-order valence-electron chi connectivity index (χ4n) is 1.70. The molecule has 4 nitrogen and oxygen atoms in total. The molecule has 1 fully saturated rings. The highest BCUT2D eigenvalue weighted by Gasteiger charge is 2.15.